The summed E-state index contributed by atoms with van der Waals surface area (Å²) in [5.74, 6) is 0. The van der Waals surface area contributed by atoms with Crippen LogP contribution >= 0.6 is 0 Å². The Morgan fingerprint density at radius 2 is 1.81 bits per heavy atom. The summed E-state index contributed by atoms with van der Waals surface area (Å²) in [6, 6.07) is 16.2. The standard InChI is InChI=1S/C20H25N/c1-3-4-7-12-21-15(2)16-10-11-20-18(13-16)14-17-8-5-6-9-19(17)20/h5-6,8-11,13,15,21H,3-4,7,12,14H2,1-2H3. The van der Waals surface area contributed by atoms with Crippen molar-refractivity contribution in [1.29, 1.82) is 0 Å². The van der Waals surface area contributed by atoms with E-state index in [1.165, 1.54) is 47.1 Å². The van der Waals surface area contributed by atoms with E-state index in [-0.39, 0.29) is 0 Å². The average Bonchev–Trinajstić information content (AvgIpc) is 2.89. The number of hydrogen-bond acceptors (Lipinski definition) is 1. The molecule has 0 aliphatic heterocycles. The first-order valence-corrected chi connectivity index (χ1v) is 8.24. The van der Waals surface area contributed by atoms with Gasteiger partial charge in [0.2, 0.25) is 0 Å². The molecule has 0 heterocycles. The molecule has 2 aromatic rings. The van der Waals surface area contributed by atoms with Crippen LogP contribution in [0.2, 0.25) is 0 Å². The molecule has 0 amide bonds. The Morgan fingerprint density at radius 1 is 1.00 bits per heavy atom. The highest BCUT2D eigenvalue weighted by molar-refractivity contribution is 5.76. The van der Waals surface area contributed by atoms with Gasteiger partial charge in [-0.15, -0.1) is 0 Å². The van der Waals surface area contributed by atoms with E-state index in [0.29, 0.717) is 6.04 Å². The summed E-state index contributed by atoms with van der Waals surface area (Å²) in [5, 5.41) is 3.65. The highest BCUT2D eigenvalue weighted by Crippen LogP contribution is 2.37. The molecular formula is C20H25N. The van der Waals surface area contributed by atoms with Gasteiger partial charge in [0.25, 0.3) is 0 Å². The Labute approximate surface area is 128 Å². The van der Waals surface area contributed by atoms with Crippen molar-refractivity contribution >= 4 is 0 Å². The Kier molecular flexibility index (Phi) is 4.40. The molecule has 1 nitrogen and oxygen atoms in total. The van der Waals surface area contributed by atoms with Crippen molar-refractivity contribution in [2.75, 3.05) is 6.54 Å². The summed E-state index contributed by atoms with van der Waals surface area (Å²) < 4.78 is 0. The Bertz CT molecular complexity index is 615. The van der Waals surface area contributed by atoms with E-state index in [2.05, 4.69) is 61.6 Å². The fraction of sp³-hybridized carbons (Fsp3) is 0.400. The van der Waals surface area contributed by atoms with Crippen LogP contribution in [0, 0.1) is 0 Å². The summed E-state index contributed by atoms with van der Waals surface area (Å²) >= 11 is 0. The van der Waals surface area contributed by atoms with Gasteiger partial charge in [0, 0.05) is 6.04 Å². The second-order valence-electron chi connectivity index (χ2n) is 6.13. The lowest BCUT2D eigenvalue weighted by Crippen LogP contribution is -2.19. The van der Waals surface area contributed by atoms with Gasteiger partial charge in [0.15, 0.2) is 0 Å². The van der Waals surface area contributed by atoms with Crippen molar-refractivity contribution in [2.45, 2.75) is 45.6 Å². The zero-order chi connectivity index (χ0) is 14.7. The van der Waals surface area contributed by atoms with Crippen LogP contribution in [0.5, 0.6) is 0 Å². The first-order chi connectivity index (χ1) is 10.3. The van der Waals surface area contributed by atoms with E-state index >= 15 is 0 Å². The first kappa shape index (κ1) is 14.3. The van der Waals surface area contributed by atoms with Crippen LogP contribution in [0.15, 0.2) is 42.5 Å². The van der Waals surface area contributed by atoms with Crippen molar-refractivity contribution in [3.63, 3.8) is 0 Å². The van der Waals surface area contributed by atoms with Gasteiger partial charge in [-0.1, -0.05) is 62.2 Å². The lowest BCUT2D eigenvalue weighted by Gasteiger charge is -2.15. The molecule has 1 N–H and O–H groups in total. The zero-order valence-electron chi connectivity index (χ0n) is 13.2. The van der Waals surface area contributed by atoms with Crippen LogP contribution < -0.4 is 5.32 Å². The van der Waals surface area contributed by atoms with Crippen LogP contribution in [-0.4, -0.2) is 6.54 Å². The number of rotatable bonds is 6. The molecule has 2 aromatic carbocycles. The summed E-state index contributed by atoms with van der Waals surface area (Å²) in [6.07, 6.45) is 4.96. The van der Waals surface area contributed by atoms with E-state index in [1.54, 1.807) is 0 Å². The van der Waals surface area contributed by atoms with Crippen molar-refractivity contribution in [1.82, 2.24) is 5.32 Å². The maximum atomic E-state index is 3.65. The molecular weight excluding hydrogens is 254 g/mol. The van der Waals surface area contributed by atoms with E-state index in [4.69, 9.17) is 0 Å². The molecule has 3 rings (SSSR count). The summed E-state index contributed by atoms with van der Waals surface area (Å²) in [5.41, 5.74) is 7.21. The average molecular weight is 279 g/mol. The summed E-state index contributed by atoms with van der Waals surface area (Å²) in [4.78, 5) is 0. The fourth-order valence-electron chi connectivity index (χ4n) is 3.25. The van der Waals surface area contributed by atoms with E-state index in [1.807, 2.05) is 0 Å². The largest absolute Gasteiger partial charge is 0.310 e. The topological polar surface area (TPSA) is 12.0 Å². The SMILES string of the molecule is CCCCCNC(C)c1ccc2c(c1)Cc1ccccc1-2. The van der Waals surface area contributed by atoms with Crippen molar-refractivity contribution < 1.29 is 0 Å². The number of fused-ring (bicyclic) bond motifs is 3. The lowest BCUT2D eigenvalue weighted by atomic mass is 10.00. The molecule has 0 saturated heterocycles. The lowest BCUT2D eigenvalue weighted by molar-refractivity contribution is 0.544. The third-order valence-electron chi connectivity index (χ3n) is 4.55. The number of unbranched alkanes of at least 4 members (excludes halogenated alkanes) is 2. The predicted octanol–water partition coefficient (Wildman–Crippen LogP) is 5.10. The van der Waals surface area contributed by atoms with E-state index < -0.39 is 0 Å². The van der Waals surface area contributed by atoms with Gasteiger partial charge in [-0.25, -0.2) is 0 Å². The molecule has 0 bridgehead atoms. The highest BCUT2D eigenvalue weighted by Gasteiger charge is 2.18. The van der Waals surface area contributed by atoms with Crippen LogP contribution in [0.4, 0.5) is 0 Å². The number of benzene rings is 2. The summed E-state index contributed by atoms with van der Waals surface area (Å²) in [7, 11) is 0. The smallest absolute Gasteiger partial charge is 0.0291 e. The van der Waals surface area contributed by atoms with Crippen molar-refractivity contribution in [3.05, 3.63) is 59.2 Å². The predicted molar refractivity (Wildman–Crippen MR) is 90.6 cm³/mol. The van der Waals surface area contributed by atoms with Gasteiger partial charge >= 0.3 is 0 Å². The van der Waals surface area contributed by atoms with Crippen molar-refractivity contribution in [3.8, 4) is 11.1 Å². The molecule has 0 spiro atoms. The zero-order valence-corrected chi connectivity index (χ0v) is 13.2. The first-order valence-electron chi connectivity index (χ1n) is 8.24. The molecule has 1 unspecified atom stereocenters. The molecule has 1 aliphatic rings. The van der Waals surface area contributed by atoms with E-state index in [0.717, 1.165) is 13.0 Å². The monoisotopic (exact) mass is 279 g/mol. The third-order valence-corrected chi connectivity index (χ3v) is 4.55. The Balaban J connectivity index is 1.71. The van der Waals surface area contributed by atoms with Crippen LogP contribution in [0.3, 0.4) is 0 Å². The normalized spacial score (nSPS) is 13.8. The maximum absolute atomic E-state index is 3.65. The van der Waals surface area contributed by atoms with E-state index in [9.17, 15) is 0 Å². The Morgan fingerprint density at radius 3 is 2.67 bits per heavy atom. The third kappa shape index (κ3) is 3.03. The fourth-order valence-corrected chi connectivity index (χ4v) is 3.25. The van der Waals surface area contributed by atoms with Gasteiger partial charge < -0.3 is 5.32 Å². The second-order valence-corrected chi connectivity index (χ2v) is 6.13. The molecule has 0 saturated carbocycles. The Hall–Kier alpha value is -1.60. The number of hydrogen-bond donors (Lipinski definition) is 1. The van der Waals surface area contributed by atoms with Crippen LogP contribution in [-0.2, 0) is 6.42 Å². The molecule has 0 aromatic heterocycles. The molecule has 0 radical (unpaired) electrons. The minimum atomic E-state index is 0.441. The highest BCUT2D eigenvalue weighted by atomic mass is 14.9. The molecule has 110 valence electrons. The van der Waals surface area contributed by atoms with Gasteiger partial charge in [-0.05, 0) is 54.1 Å². The number of nitrogens with one attached hydrogen (secondary N) is 1. The van der Waals surface area contributed by atoms with Gasteiger partial charge in [-0.3, -0.25) is 0 Å². The molecule has 21 heavy (non-hydrogen) atoms. The second kappa shape index (κ2) is 6.44. The minimum Gasteiger partial charge on any atom is -0.310 e. The maximum Gasteiger partial charge on any atom is 0.0291 e. The van der Waals surface area contributed by atoms with Crippen LogP contribution in [0.25, 0.3) is 11.1 Å². The molecule has 1 heteroatoms. The molecule has 1 atom stereocenters. The molecule has 1 aliphatic carbocycles. The van der Waals surface area contributed by atoms with Gasteiger partial charge in [0.05, 0.1) is 0 Å². The van der Waals surface area contributed by atoms with Crippen LogP contribution in [0.1, 0.15) is 55.8 Å². The summed E-state index contributed by atoms with van der Waals surface area (Å²) in [6.45, 7) is 5.64. The van der Waals surface area contributed by atoms with Gasteiger partial charge in [0.1, 0.15) is 0 Å². The minimum absolute atomic E-state index is 0.441. The quantitative estimate of drug-likeness (QED) is 0.619. The van der Waals surface area contributed by atoms with Crippen molar-refractivity contribution in [2.24, 2.45) is 0 Å². The molecule has 0 fully saturated rings. The van der Waals surface area contributed by atoms with Gasteiger partial charge in [-0.2, -0.15) is 0 Å².